The van der Waals surface area contributed by atoms with Crippen molar-refractivity contribution >= 4 is 23.4 Å². The van der Waals surface area contributed by atoms with E-state index in [1.165, 1.54) is 32.6 Å². The van der Waals surface area contributed by atoms with Crippen molar-refractivity contribution < 1.29 is 14.4 Å². The van der Waals surface area contributed by atoms with Gasteiger partial charge in [0.1, 0.15) is 0 Å². The number of benzene rings is 1. The first-order valence-electron chi connectivity index (χ1n) is 9.37. The molecule has 0 spiro atoms. The molecule has 0 radical (unpaired) electrons. The fourth-order valence-electron chi connectivity index (χ4n) is 4.46. The lowest BCUT2D eigenvalue weighted by Crippen LogP contribution is -2.48. The van der Waals surface area contributed by atoms with Gasteiger partial charge in [-0.25, -0.2) is 4.79 Å². The summed E-state index contributed by atoms with van der Waals surface area (Å²) >= 11 is 0. The Morgan fingerprint density at radius 2 is 2.00 bits per heavy atom. The maximum atomic E-state index is 12.1. The van der Waals surface area contributed by atoms with Gasteiger partial charge in [0, 0.05) is 17.3 Å². The lowest BCUT2D eigenvalue weighted by atomic mass is 9.84. The number of imide groups is 1. The number of nitrogens with one attached hydrogen (secondary N) is 3. The molecule has 1 aromatic rings. The monoisotopic (exact) mass is 357 g/mol. The summed E-state index contributed by atoms with van der Waals surface area (Å²) in [5.41, 5.74) is 1.25. The summed E-state index contributed by atoms with van der Waals surface area (Å²) < 4.78 is 0. The van der Waals surface area contributed by atoms with Gasteiger partial charge < -0.3 is 10.6 Å². The molecule has 2 saturated carbocycles. The topological polar surface area (TPSA) is 87.3 Å². The zero-order valence-corrected chi connectivity index (χ0v) is 15.4. The normalized spacial score (nSPS) is 24.8. The largest absolute Gasteiger partial charge is 0.376 e. The van der Waals surface area contributed by atoms with E-state index in [4.69, 9.17) is 0 Å². The van der Waals surface area contributed by atoms with Crippen molar-refractivity contribution in [1.29, 1.82) is 0 Å². The Hall–Kier alpha value is -2.37. The average molecular weight is 357 g/mol. The number of carbonyl (C=O) groups is 3. The predicted octanol–water partition coefficient (Wildman–Crippen LogP) is 2.95. The van der Waals surface area contributed by atoms with Crippen LogP contribution in [0.25, 0.3) is 0 Å². The molecule has 6 heteroatoms. The fraction of sp³-hybridized carbons (Fsp3) is 0.550. The number of anilines is 1. The third-order valence-electron chi connectivity index (χ3n) is 5.77. The molecule has 0 aliphatic heterocycles. The van der Waals surface area contributed by atoms with Crippen molar-refractivity contribution in [2.75, 3.05) is 11.9 Å². The molecule has 26 heavy (non-hydrogen) atoms. The molecule has 3 amide bonds. The molecule has 6 nitrogen and oxygen atoms in total. The molecule has 1 aromatic carbocycles. The van der Waals surface area contributed by atoms with Crippen molar-refractivity contribution in [3.05, 3.63) is 29.8 Å². The summed E-state index contributed by atoms with van der Waals surface area (Å²) in [6.45, 7) is 3.49. The molecule has 3 N–H and O–H groups in total. The van der Waals surface area contributed by atoms with Gasteiger partial charge in [0.15, 0.2) is 5.78 Å². The Morgan fingerprint density at radius 1 is 1.19 bits per heavy atom. The number of rotatable bonds is 6. The Balaban J connectivity index is 1.42. The van der Waals surface area contributed by atoms with Crippen molar-refractivity contribution in [3.63, 3.8) is 0 Å². The number of hydrogen-bond acceptors (Lipinski definition) is 4. The van der Waals surface area contributed by atoms with E-state index in [1.807, 2.05) is 6.92 Å². The minimum atomic E-state index is -0.440. The second-order valence-electron chi connectivity index (χ2n) is 7.64. The summed E-state index contributed by atoms with van der Waals surface area (Å²) in [6, 6.07) is 6.57. The van der Waals surface area contributed by atoms with Crippen LogP contribution in [0.1, 0.15) is 49.9 Å². The number of Topliss-reactive ketones (excluding diaryl/α,β-unsaturated/α-hetero) is 1. The lowest BCUT2D eigenvalue weighted by Gasteiger charge is -2.28. The van der Waals surface area contributed by atoms with E-state index in [-0.39, 0.29) is 18.4 Å². The Bertz CT molecular complexity index is 703. The maximum absolute atomic E-state index is 12.1. The fourth-order valence-corrected chi connectivity index (χ4v) is 4.46. The van der Waals surface area contributed by atoms with Gasteiger partial charge in [-0.05, 0) is 63.0 Å². The third-order valence-corrected chi connectivity index (χ3v) is 5.77. The standard InChI is InChI=1S/C20H27N3O3/c1-12(18-9-14-6-7-16(18)8-14)22-20(26)23-19(25)11-21-17-5-3-4-15(10-17)13(2)24/h3-5,10,12,14,16,18,21H,6-9,11H2,1-2H3,(H2,22,23,25,26)/t12-,14-,16-,18-/m0/s1. The van der Waals surface area contributed by atoms with E-state index < -0.39 is 11.9 Å². The smallest absolute Gasteiger partial charge is 0.321 e. The number of hydrogen-bond donors (Lipinski definition) is 3. The van der Waals surface area contributed by atoms with Gasteiger partial charge in [-0.15, -0.1) is 0 Å². The average Bonchev–Trinajstić information content (AvgIpc) is 3.23. The molecule has 0 unspecified atom stereocenters. The highest BCUT2D eigenvalue weighted by Gasteiger charge is 2.42. The lowest BCUT2D eigenvalue weighted by molar-refractivity contribution is -0.118. The zero-order chi connectivity index (χ0) is 18.7. The van der Waals surface area contributed by atoms with Crippen LogP contribution in [0.4, 0.5) is 10.5 Å². The van der Waals surface area contributed by atoms with Crippen LogP contribution >= 0.6 is 0 Å². The van der Waals surface area contributed by atoms with E-state index in [9.17, 15) is 14.4 Å². The summed E-state index contributed by atoms with van der Waals surface area (Å²) in [5, 5.41) is 8.22. The molecule has 4 atom stereocenters. The second-order valence-corrected chi connectivity index (χ2v) is 7.64. The van der Waals surface area contributed by atoms with E-state index >= 15 is 0 Å². The van der Waals surface area contributed by atoms with E-state index in [1.54, 1.807) is 24.3 Å². The van der Waals surface area contributed by atoms with Gasteiger partial charge in [-0.2, -0.15) is 0 Å². The van der Waals surface area contributed by atoms with E-state index in [0.29, 0.717) is 17.2 Å². The van der Waals surface area contributed by atoms with Gasteiger partial charge in [-0.1, -0.05) is 18.6 Å². The molecule has 2 aliphatic rings. The van der Waals surface area contributed by atoms with Crippen LogP contribution in [-0.4, -0.2) is 30.3 Å². The van der Waals surface area contributed by atoms with Crippen molar-refractivity contribution in [1.82, 2.24) is 10.6 Å². The molecule has 2 aliphatic carbocycles. The molecular formula is C20H27N3O3. The molecule has 2 fully saturated rings. The molecule has 0 saturated heterocycles. The van der Waals surface area contributed by atoms with Crippen LogP contribution in [-0.2, 0) is 4.79 Å². The van der Waals surface area contributed by atoms with Gasteiger partial charge >= 0.3 is 6.03 Å². The first-order chi connectivity index (χ1) is 12.4. The van der Waals surface area contributed by atoms with Crippen LogP contribution in [0.2, 0.25) is 0 Å². The third kappa shape index (κ3) is 4.42. The molecule has 140 valence electrons. The summed E-state index contributed by atoms with van der Waals surface area (Å²) in [7, 11) is 0. The van der Waals surface area contributed by atoms with Crippen LogP contribution in [0.3, 0.4) is 0 Å². The number of ketones is 1. The van der Waals surface area contributed by atoms with Crippen molar-refractivity contribution in [2.45, 2.75) is 45.6 Å². The van der Waals surface area contributed by atoms with Crippen LogP contribution < -0.4 is 16.0 Å². The minimum Gasteiger partial charge on any atom is -0.376 e. The van der Waals surface area contributed by atoms with Crippen molar-refractivity contribution in [2.24, 2.45) is 17.8 Å². The maximum Gasteiger partial charge on any atom is 0.321 e. The van der Waals surface area contributed by atoms with Gasteiger partial charge in [0.05, 0.1) is 6.54 Å². The first-order valence-corrected chi connectivity index (χ1v) is 9.37. The highest BCUT2D eigenvalue weighted by molar-refractivity contribution is 5.97. The molecule has 2 bridgehead atoms. The SMILES string of the molecule is CC(=O)c1cccc(NCC(=O)NC(=O)N[C@@H](C)[C@@H]2C[C@H]3CC[C@H]2C3)c1. The van der Waals surface area contributed by atoms with Crippen LogP contribution in [0.5, 0.6) is 0 Å². The van der Waals surface area contributed by atoms with Crippen LogP contribution in [0.15, 0.2) is 24.3 Å². The zero-order valence-electron chi connectivity index (χ0n) is 15.4. The summed E-state index contributed by atoms with van der Waals surface area (Å²) in [6.07, 6.45) is 5.08. The predicted molar refractivity (Wildman–Crippen MR) is 100 cm³/mol. The Kier molecular flexibility index (Phi) is 5.59. The van der Waals surface area contributed by atoms with Gasteiger partial charge in [0.25, 0.3) is 0 Å². The molecule has 0 aromatic heterocycles. The van der Waals surface area contributed by atoms with E-state index in [2.05, 4.69) is 16.0 Å². The van der Waals surface area contributed by atoms with Crippen LogP contribution in [0, 0.1) is 17.8 Å². The minimum absolute atomic E-state index is 0.0305. The van der Waals surface area contributed by atoms with Crippen molar-refractivity contribution in [3.8, 4) is 0 Å². The highest BCUT2D eigenvalue weighted by atomic mass is 16.2. The number of urea groups is 1. The van der Waals surface area contributed by atoms with Gasteiger partial charge in [0.2, 0.25) is 5.91 Å². The first kappa shape index (κ1) is 18.4. The quantitative estimate of drug-likeness (QED) is 0.683. The highest BCUT2D eigenvalue weighted by Crippen LogP contribution is 2.49. The Labute approximate surface area is 154 Å². The number of fused-ring (bicyclic) bond motifs is 2. The van der Waals surface area contributed by atoms with E-state index in [0.717, 1.165) is 11.8 Å². The summed E-state index contributed by atoms with van der Waals surface area (Å²) in [5.74, 6) is 1.64. The summed E-state index contributed by atoms with van der Waals surface area (Å²) in [4.78, 5) is 35.4. The number of carbonyl (C=O) groups excluding carboxylic acids is 3. The molecule has 3 rings (SSSR count). The second kappa shape index (κ2) is 7.89. The molecule has 0 heterocycles. The Morgan fingerprint density at radius 3 is 2.65 bits per heavy atom. The van der Waals surface area contributed by atoms with Gasteiger partial charge in [-0.3, -0.25) is 14.9 Å². The molecular weight excluding hydrogens is 330 g/mol. The number of amides is 3.